The quantitative estimate of drug-likeness (QED) is 0.536. The molecule has 0 aliphatic carbocycles. The Morgan fingerprint density at radius 3 is 2.00 bits per heavy atom. The SMILES string of the molecule is CCC(CC)Cc1ccc(COc2ccc(I)cc2)cc1. The molecule has 112 valence electrons. The maximum Gasteiger partial charge on any atom is 0.119 e. The van der Waals surface area contributed by atoms with Crippen molar-refractivity contribution < 1.29 is 4.74 Å². The summed E-state index contributed by atoms with van der Waals surface area (Å²) in [7, 11) is 0. The van der Waals surface area contributed by atoms with Gasteiger partial charge in [0.15, 0.2) is 0 Å². The van der Waals surface area contributed by atoms with Crippen LogP contribution in [0.4, 0.5) is 0 Å². The molecule has 0 aliphatic heterocycles. The van der Waals surface area contributed by atoms with Gasteiger partial charge >= 0.3 is 0 Å². The highest BCUT2D eigenvalue weighted by atomic mass is 127. The Balaban J connectivity index is 1.88. The van der Waals surface area contributed by atoms with Crippen LogP contribution in [-0.4, -0.2) is 0 Å². The average Bonchev–Trinajstić information content (AvgIpc) is 2.53. The van der Waals surface area contributed by atoms with Crippen molar-refractivity contribution in [3.63, 3.8) is 0 Å². The predicted octanol–water partition coefficient (Wildman–Crippen LogP) is 5.85. The smallest absolute Gasteiger partial charge is 0.119 e. The van der Waals surface area contributed by atoms with Crippen LogP contribution in [-0.2, 0) is 13.0 Å². The Kier molecular flexibility index (Phi) is 6.55. The molecule has 0 saturated carbocycles. The molecule has 0 amide bonds. The van der Waals surface area contributed by atoms with Crippen LogP contribution in [0.2, 0.25) is 0 Å². The highest BCUT2D eigenvalue weighted by molar-refractivity contribution is 14.1. The van der Waals surface area contributed by atoms with Gasteiger partial charge in [-0.2, -0.15) is 0 Å². The summed E-state index contributed by atoms with van der Waals surface area (Å²) < 4.78 is 7.03. The monoisotopic (exact) mass is 394 g/mol. The molecule has 2 aromatic rings. The molecule has 0 N–H and O–H groups in total. The van der Waals surface area contributed by atoms with E-state index in [9.17, 15) is 0 Å². The minimum Gasteiger partial charge on any atom is -0.489 e. The molecule has 0 unspecified atom stereocenters. The first kappa shape index (κ1) is 16.3. The largest absolute Gasteiger partial charge is 0.489 e. The molecule has 2 rings (SSSR count). The van der Waals surface area contributed by atoms with Crippen molar-refractivity contribution in [1.82, 2.24) is 0 Å². The van der Waals surface area contributed by atoms with Crippen LogP contribution in [0.25, 0.3) is 0 Å². The highest BCUT2D eigenvalue weighted by Gasteiger charge is 2.05. The number of benzene rings is 2. The van der Waals surface area contributed by atoms with Crippen LogP contribution in [0.15, 0.2) is 48.5 Å². The maximum absolute atomic E-state index is 5.81. The zero-order chi connectivity index (χ0) is 15.1. The lowest BCUT2D eigenvalue weighted by Crippen LogP contribution is -2.02. The Bertz CT molecular complexity index is 526. The van der Waals surface area contributed by atoms with Crippen molar-refractivity contribution in [2.45, 2.75) is 39.7 Å². The molecule has 0 saturated heterocycles. The van der Waals surface area contributed by atoms with Crippen molar-refractivity contribution in [3.05, 3.63) is 63.2 Å². The van der Waals surface area contributed by atoms with E-state index >= 15 is 0 Å². The van der Waals surface area contributed by atoms with Crippen molar-refractivity contribution >= 4 is 22.6 Å². The number of ether oxygens (including phenoxy) is 1. The average molecular weight is 394 g/mol. The number of halogens is 1. The standard InChI is InChI=1S/C19H23IO/c1-3-15(4-2)13-16-5-7-17(8-6-16)14-21-19-11-9-18(20)10-12-19/h5-12,15H,3-4,13-14H2,1-2H3. The molecule has 0 aliphatic rings. The van der Waals surface area contributed by atoms with Gasteiger partial charge in [0.2, 0.25) is 0 Å². The normalized spacial score (nSPS) is 10.9. The van der Waals surface area contributed by atoms with E-state index in [1.807, 2.05) is 12.1 Å². The molecule has 0 atom stereocenters. The fourth-order valence-corrected chi connectivity index (χ4v) is 2.74. The van der Waals surface area contributed by atoms with Crippen LogP contribution in [0.1, 0.15) is 37.8 Å². The molecule has 0 bridgehead atoms. The lowest BCUT2D eigenvalue weighted by atomic mass is 9.94. The van der Waals surface area contributed by atoms with E-state index in [4.69, 9.17) is 4.74 Å². The highest BCUT2D eigenvalue weighted by Crippen LogP contribution is 2.18. The van der Waals surface area contributed by atoms with Crippen LogP contribution in [0, 0.1) is 9.49 Å². The topological polar surface area (TPSA) is 9.23 Å². The van der Waals surface area contributed by atoms with Crippen LogP contribution >= 0.6 is 22.6 Å². The summed E-state index contributed by atoms with van der Waals surface area (Å²) in [5.41, 5.74) is 2.66. The molecule has 21 heavy (non-hydrogen) atoms. The summed E-state index contributed by atoms with van der Waals surface area (Å²) in [4.78, 5) is 0. The Labute approximate surface area is 141 Å². The molecule has 2 aromatic carbocycles. The van der Waals surface area contributed by atoms with Crippen molar-refractivity contribution in [1.29, 1.82) is 0 Å². The van der Waals surface area contributed by atoms with E-state index in [0.29, 0.717) is 6.61 Å². The third-order valence-corrected chi connectivity index (χ3v) is 4.64. The van der Waals surface area contributed by atoms with E-state index in [2.05, 4.69) is 72.8 Å². The first-order valence-electron chi connectivity index (χ1n) is 7.67. The van der Waals surface area contributed by atoms with E-state index in [-0.39, 0.29) is 0 Å². The van der Waals surface area contributed by atoms with Gasteiger partial charge in [-0.15, -0.1) is 0 Å². The molecule has 0 fully saturated rings. The summed E-state index contributed by atoms with van der Waals surface area (Å²) in [6.45, 7) is 5.18. The van der Waals surface area contributed by atoms with Gasteiger partial charge in [-0.25, -0.2) is 0 Å². The lowest BCUT2D eigenvalue weighted by molar-refractivity contribution is 0.306. The minimum atomic E-state index is 0.631. The van der Waals surface area contributed by atoms with Gasteiger partial charge in [0.25, 0.3) is 0 Å². The summed E-state index contributed by atoms with van der Waals surface area (Å²) in [6.07, 6.45) is 3.70. The third kappa shape index (κ3) is 5.34. The van der Waals surface area contributed by atoms with Crippen molar-refractivity contribution in [3.8, 4) is 5.75 Å². The molecule has 0 spiro atoms. The molecule has 0 aromatic heterocycles. The molecule has 0 radical (unpaired) electrons. The van der Waals surface area contributed by atoms with Gasteiger partial charge in [0.05, 0.1) is 0 Å². The van der Waals surface area contributed by atoms with Crippen LogP contribution in [0.5, 0.6) is 5.75 Å². The predicted molar refractivity (Wildman–Crippen MR) is 97.7 cm³/mol. The first-order valence-corrected chi connectivity index (χ1v) is 8.75. The Morgan fingerprint density at radius 2 is 1.43 bits per heavy atom. The summed E-state index contributed by atoms with van der Waals surface area (Å²) >= 11 is 2.30. The van der Waals surface area contributed by atoms with Gasteiger partial charge in [-0.3, -0.25) is 0 Å². The minimum absolute atomic E-state index is 0.631. The van der Waals surface area contributed by atoms with E-state index in [0.717, 1.165) is 11.7 Å². The van der Waals surface area contributed by atoms with Gasteiger partial charge in [0.1, 0.15) is 12.4 Å². The van der Waals surface area contributed by atoms with E-state index in [1.165, 1.54) is 34.0 Å². The summed E-state index contributed by atoms with van der Waals surface area (Å²) in [5.74, 6) is 1.73. The Hall–Kier alpha value is -1.03. The Morgan fingerprint density at radius 1 is 0.857 bits per heavy atom. The molecule has 2 heteroatoms. The number of hydrogen-bond acceptors (Lipinski definition) is 1. The van der Waals surface area contributed by atoms with Crippen LogP contribution < -0.4 is 4.74 Å². The first-order chi connectivity index (χ1) is 10.2. The van der Waals surface area contributed by atoms with E-state index < -0.39 is 0 Å². The van der Waals surface area contributed by atoms with Crippen LogP contribution in [0.3, 0.4) is 0 Å². The van der Waals surface area contributed by atoms with Gasteiger partial charge in [-0.1, -0.05) is 51.0 Å². The second kappa shape index (κ2) is 8.42. The molecular weight excluding hydrogens is 371 g/mol. The maximum atomic E-state index is 5.81. The summed E-state index contributed by atoms with van der Waals surface area (Å²) in [6, 6.07) is 17.0. The number of hydrogen-bond donors (Lipinski definition) is 0. The second-order valence-electron chi connectivity index (χ2n) is 5.45. The lowest BCUT2D eigenvalue weighted by Gasteiger charge is -2.12. The zero-order valence-corrected chi connectivity index (χ0v) is 15.0. The molecule has 1 nitrogen and oxygen atoms in total. The fourth-order valence-electron chi connectivity index (χ4n) is 2.38. The third-order valence-electron chi connectivity index (χ3n) is 3.92. The number of rotatable bonds is 7. The van der Waals surface area contributed by atoms with E-state index in [1.54, 1.807) is 0 Å². The van der Waals surface area contributed by atoms with Gasteiger partial charge in [0, 0.05) is 3.57 Å². The molecule has 0 heterocycles. The van der Waals surface area contributed by atoms with Gasteiger partial charge in [-0.05, 0) is 70.3 Å². The van der Waals surface area contributed by atoms with Gasteiger partial charge < -0.3 is 4.74 Å². The van der Waals surface area contributed by atoms with Crippen molar-refractivity contribution in [2.75, 3.05) is 0 Å². The second-order valence-corrected chi connectivity index (χ2v) is 6.69. The van der Waals surface area contributed by atoms with Crippen molar-refractivity contribution in [2.24, 2.45) is 5.92 Å². The summed E-state index contributed by atoms with van der Waals surface area (Å²) in [5, 5.41) is 0. The zero-order valence-electron chi connectivity index (χ0n) is 12.8. The fraction of sp³-hybridized carbons (Fsp3) is 0.368. The molecular formula is C19H23IO.